The van der Waals surface area contributed by atoms with Gasteiger partial charge in [-0.2, -0.15) is 0 Å². The number of benzene rings is 1. The maximum Gasteiger partial charge on any atom is 0.123 e. The van der Waals surface area contributed by atoms with Gasteiger partial charge in [0, 0.05) is 31.9 Å². The number of aromatic nitrogens is 1. The Bertz CT molecular complexity index is 591. The van der Waals surface area contributed by atoms with Crippen molar-refractivity contribution in [2.45, 2.75) is 13.0 Å². The normalized spacial score (nSPS) is 17.6. The number of piperazine rings is 1. The quantitative estimate of drug-likeness (QED) is 0.939. The Hall–Kier alpha value is -1.78. The Labute approximate surface area is 124 Å². The summed E-state index contributed by atoms with van der Waals surface area (Å²) in [4.78, 5) is 7.10. The van der Waals surface area contributed by atoms with Crippen LogP contribution in [-0.2, 0) is 0 Å². The van der Waals surface area contributed by atoms with E-state index in [9.17, 15) is 4.39 Å². The molecule has 0 spiro atoms. The summed E-state index contributed by atoms with van der Waals surface area (Å²) in [5.41, 5.74) is 3.13. The molecule has 21 heavy (non-hydrogen) atoms. The van der Waals surface area contributed by atoms with Crippen LogP contribution in [0.2, 0.25) is 0 Å². The molecule has 0 aliphatic carbocycles. The van der Waals surface area contributed by atoms with Crippen molar-refractivity contribution in [1.29, 1.82) is 0 Å². The van der Waals surface area contributed by atoms with Crippen LogP contribution in [0, 0.1) is 12.7 Å². The number of hydrogen-bond acceptors (Lipinski definition) is 3. The zero-order valence-corrected chi connectivity index (χ0v) is 12.2. The third kappa shape index (κ3) is 3.28. The average molecular weight is 285 g/mol. The Morgan fingerprint density at radius 2 is 1.81 bits per heavy atom. The molecule has 0 bridgehead atoms. The molecule has 1 aliphatic rings. The molecular formula is C17H20FN3. The lowest BCUT2D eigenvalue weighted by molar-refractivity contribution is 0.195. The van der Waals surface area contributed by atoms with E-state index in [1.54, 1.807) is 0 Å². The lowest BCUT2D eigenvalue weighted by Gasteiger charge is -2.35. The van der Waals surface area contributed by atoms with Crippen LogP contribution in [-0.4, -0.2) is 36.1 Å². The summed E-state index contributed by atoms with van der Waals surface area (Å²) < 4.78 is 13.2. The summed E-state index contributed by atoms with van der Waals surface area (Å²) in [6.45, 7) is 5.89. The largest absolute Gasteiger partial charge is 0.314 e. The highest BCUT2D eigenvalue weighted by Crippen LogP contribution is 2.28. The van der Waals surface area contributed by atoms with E-state index in [1.165, 1.54) is 12.1 Å². The predicted octanol–water partition coefficient (Wildman–Crippen LogP) is 2.52. The van der Waals surface area contributed by atoms with Crippen molar-refractivity contribution in [2.75, 3.05) is 26.2 Å². The van der Waals surface area contributed by atoms with Gasteiger partial charge in [0.2, 0.25) is 0 Å². The van der Waals surface area contributed by atoms with Crippen LogP contribution in [0.3, 0.4) is 0 Å². The van der Waals surface area contributed by atoms with Gasteiger partial charge in [-0.05, 0) is 36.8 Å². The maximum absolute atomic E-state index is 13.2. The fourth-order valence-electron chi connectivity index (χ4n) is 2.87. The van der Waals surface area contributed by atoms with Gasteiger partial charge < -0.3 is 5.32 Å². The van der Waals surface area contributed by atoms with E-state index in [0.717, 1.165) is 43.1 Å². The number of pyridine rings is 1. The van der Waals surface area contributed by atoms with Crippen molar-refractivity contribution >= 4 is 0 Å². The summed E-state index contributed by atoms with van der Waals surface area (Å²) in [6, 6.07) is 13.0. The monoisotopic (exact) mass is 285 g/mol. The molecule has 3 nitrogen and oxygen atoms in total. The Morgan fingerprint density at radius 3 is 2.48 bits per heavy atom. The number of nitrogens with one attached hydrogen (secondary N) is 1. The highest BCUT2D eigenvalue weighted by Gasteiger charge is 2.24. The van der Waals surface area contributed by atoms with Gasteiger partial charge >= 0.3 is 0 Å². The number of aryl methyl sites for hydroxylation is 1. The molecule has 1 atom stereocenters. The summed E-state index contributed by atoms with van der Waals surface area (Å²) in [5.74, 6) is -0.199. The minimum absolute atomic E-state index is 0.0904. The van der Waals surface area contributed by atoms with E-state index in [1.807, 2.05) is 31.2 Å². The van der Waals surface area contributed by atoms with Crippen molar-refractivity contribution < 1.29 is 4.39 Å². The molecule has 1 aliphatic heterocycles. The summed E-state index contributed by atoms with van der Waals surface area (Å²) >= 11 is 0. The zero-order chi connectivity index (χ0) is 14.7. The fraction of sp³-hybridized carbons (Fsp3) is 0.353. The van der Waals surface area contributed by atoms with Crippen LogP contribution in [0.1, 0.15) is 23.0 Å². The van der Waals surface area contributed by atoms with E-state index in [-0.39, 0.29) is 11.9 Å². The Morgan fingerprint density at radius 1 is 1.10 bits per heavy atom. The first-order valence-corrected chi connectivity index (χ1v) is 7.38. The van der Waals surface area contributed by atoms with Crippen molar-refractivity contribution in [3.8, 4) is 0 Å². The second-order valence-corrected chi connectivity index (χ2v) is 5.44. The molecule has 1 aromatic heterocycles. The molecule has 4 heteroatoms. The van der Waals surface area contributed by atoms with Crippen LogP contribution in [0.4, 0.5) is 4.39 Å². The van der Waals surface area contributed by atoms with Gasteiger partial charge in [0.1, 0.15) is 5.82 Å². The first kappa shape index (κ1) is 14.2. The molecule has 0 amide bonds. The van der Waals surface area contributed by atoms with Gasteiger partial charge in [0.25, 0.3) is 0 Å². The molecule has 1 fully saturated rings. The number of hydrogen-bond donors (Lipinski definition) is 1. The number of nitrogens with zero attached hydrogens (tertiary/aromatic N) is 2. The molecule has 3 rings (SSSR count). The summed E-state index contributed by atoms with van der Waals surface area (Å²) in [6.07, 6.45) is 0. The second-order valence-electron chi connectivity index (χ2n) is 5.44. The predicted molar refractivity (Wildman–Crippen MR) is 81.7 cm³/mol. The van der Waals surface area contributed by atoms with Gasteiger partial charge in [-0.25, -0.2) is 4.39 Å². The van der Waals surface area contributed by atoms with Gasteiger partial charge in [0.05, 0.1) is 11.7 Å². The number of halogens is 1. The second kappa shape index (κ2) is 6.33. The van der Waals surface area contributed by atoms with Gasteiger partial charge in [-0.3, -0.25) is 9.88 Å². The van der Waals surface area contributed by atoms with Gasteiger partial charge in [-0.1, -0.05) is 18.2 Å². The van der Waals surface area contributed by atoms with Crippen molar-refractivity contribution in [1.82, 2.24) is 15.2 Å². The van der Waals surface area contributed by atoms with Crippen LogP contribution in [0.15, 0.2) is 42.5 Å². The molecule has 1 unspecified atom stereocenters. The first-order chi connectivity index (χ1) is 10.2. The third-order valence-electron chi connectivity index (χ3n) is 3.89. The van der Waals surface area contributed by atoms with Crippen LogP contribution < -0.4 is 5.32 Å². The van der Waals surface area contributed by atoms with Crippen LogP contribution in [0.5, 0.6) is 0 Å². The zero-order valence-electron chi connectivity index (χ0n) is 12.2. The highest BCUT2D eigenvalue weighted by molar-refractivity contribution is 5.29. The lowest BCUT2D eigenvalue weighted by atomic mass is 10.00. The smallest absolute Gasteiger partial charge is 0.123 e. The first-order valence-electron chi connectivity index (χ1n) is 7.38. The fourth-order valence-corrected chi connectivity index (χ4v) is 2.87. The molecule has 2 heterocycles. The van der Waals surface area contributed by atoms with Gasteiger partial charge in [0.15, 0.2) is 0 Å². The van der Waals surface area contributed by atoms with E-state index >= 15 is 0 Å². The molecule has 1 saturated heterocycles. The van der Waals surface area contributed by atoms with E-state index in [2.05, 4.69) is 16.3 Å². The van der Waals surface area contributed by atoms with Crippen molar-refractivity contribution in [3.05, 3.63) is 65.2 Å². The maximum atomic E-state index is 13.2. The number of rotatable bonds is 3. The van der Waals surface area contributed by atoms with Crippen LogP contribution in [0.25, 0.3) is 0 Å². The van der Waals surface area contributed by atoms with Crippen molar-refractivity contribution in [3.63, 3.8) is 0 Å². The SMILES string of the molecule is Cc1cccc(C(c2ccc(F)cc2)N2CCNCC2)n1. The lowest BCUT2D eigenvalue weighted by Crippen LogP contribution is -2.45. The third-order valence-corrected chi connectivity index (χ3v) is 3.89. The molecule has 1 aromatic carbocycles. The molecule has 2 aromatic rings. The summed E-state index contributed by atoms with van der Waals surface area (Å²) in [7, 11) is 0. The van der Waals surface area contributed by atoms with Crippen LogP contribution >= 0.6 is 0 Å². The minimum Gasteiger partial charge on any atom is -0.314 e. The van der Waals surface area contributed by atoms with E-state index in [4.69, 9.17) is 4.98 Å². The van der Waals surface area contributed by atoms with E-state index in [0.29, 0.717) is 0 Å². The highest BCUT2D eigenvalue weighted by atomic mass is 19.1. The molecule has 1 N–H and O–H groups in total. The van der Waals surface area contributed by atoms with Gasteiger partial charge in [-0.15, -0.1) is 0 Å². The average Bonchev–Trinajstić information content (AvgIpc) is 2.51. The molecule has 0 saturated carbocycles. The molecular weight excluding hydrogens is 265 g/mol. The summed E-state index contributed by atoms with van der Waals surface area (Å²) in [5, 5.41) is 3.37. The Balaban J connectivity index is 1.99. The minimum atomic E-state index is -0.199. The molecule has 110 valence electrons. The topological polar surface area (TPSA) is 28.2 Å². The van der Waals surface area contributed by atoms with E-state index < -0.39 is 0 Å². The molecule has 0 radical (unpaired) electrons. The Kier molecular flexibility index (Phi) is 4.27. The standard InChI is InChI=1S/C17H20FN3/c1-13-3-2-4-16(20-13)17(21-11-9-19-10-12-21)14-5-7-15(18)8-6-14/h2-8,17,19H,9-12H2,1H3. The van der Waals surface area contributed by atoms with Crippen molar-refractivity contribution in [2.24, 2.45) is 0 Å².